The molecule has 158 valence electrons. The molecule has 0 bridgehead atoms. The molecule has 0 saturated carbocycles. The Hall–Kier alpha value is -2.00. The van der Waals surface area contributed by atoms with E-state index in [4.69, 9.17) is 9.47 Å². The minimum absolute atomic E-state index is 0. The van der Waals surface area contributed by atoms with Crippen LogP contribution in [0.25, 0.3) is 0 Å². The number of nitrogens with one attached hydrogen (secondary N) is 2. The zero-order chi connectivity index (χ0) is 19.8. The number of benzene rings is 2. The molecule has 2 aromatic carbocycles. The van der Waals surface area contributed by atoms with Gasteiger partial charge in [-0.1, -0.05) is 36.4 Å². The maximum atomic E-state index is 5.51. The minimum Gasteiger partial charge on any atom is -0.495 e. The van der Waals surface area contributed by atoms with Crippen molar-refractivity contribution in [2.24, 2.45) is 4.99 Å². The molecule has 3 rings (SSSR count). The van der Waals surface area contributed by atoms with Gasteiger partial charge in [0, 0.05) is 39.8 Å². The lowest BCUT2D eigenvalue weighted by molar-refractivity contribution is 0.184. The van der Waals surface area contributed by atoms with E-state index in [9.17, 15) is 0 Å². The van der Waals surface area contributed by atoms with Crippen molar-refractivity contribution in [3.05, 3.63) is 59.7 Å². The molecule has 0 radical (unpaired) electrons. The van der Waals surface area contributed by atoms with Gasteiger partial charge >= 0.3 is 0 Å². The second-order valence-electron chi connectivity index (χ2n) is 6.88. The van der Waals surface area contributed by atoms with E-state index in [1.54, 1.807) is 14.2 Å². The van der Waals surface area contributed by atoms with Crippen LogP contribution in [0.4, 0.5) is 5.69 Å². The third-order valence-electron chi connectivity index (χ3n) is 5.04. The Balaban J connectivity index is 0.00000300. The fourth-order valence-corrected chi connectivity index (χ4v) is 3.58. The highest BCUT2D eigenvalue weighted by Gasteiger charge is 2.25. The first-order valence-electron chi connectivity index (χ1n) is 9.66. The lowest BCUT2D eigenvalue weighted by atomic mass is 10.1. The number of hydrogen-bond acceptors (Lipinski definition) is 4. The summed E-state index contributed by atoms with van der Waals surface area (Å²) in [7, 11) is 5.25. The summed E-state index contributed by atoms with van der Waals surface area (Å²) in [6.45, 7) is 3.23. The van der Waals surface area contributed by atoms with Crippen molar-refractivity contribution in [2.75, 3.05) is 39.3 Å². The second-order valence-corrected chi connectivity index (χ2v) is 6.88. The maximum Gasteiger partial charge on any atom is 0.191 e. The van der Waals surface area contributed by atoms with E-state index in [1.165, 1.54) is 11.1 Å². The van der Waals surface area contributed by atoms with Crippen LogP contribution in [0.3, 0.4) is 0 Å². The summed E-state index contributed by atoms with van der Waals surface area (Å²) in [5.74, 6) is 1.74. The first-order chi connectivity index (χ1) is 13.7. The Kier molecular flexibility index (Phi) is 9.53. The van der Waals surface area contributed by atoms with E-state index in [0.717, 1.165) is 36.9 Å². The predicted octanol–water partition coefficient (Wildman–Crippen LogP) is 3.40. The highest BCUT2D eigenvalue weighted by atomic mass is 127. The third kappa shape index (κ3) is 6.24. The third-order valence-corrected chi connectivity index (χ3v) is 5.04. The summed E-state index contributed by atoms with van der Waals surface area (Å²) in [6, 6.07) is 16.8. The molecule has 1 aliphatic heterocycles. The molecule has 7 heteroatoms. The van der Waals surface area contributed by atoms with Crippen molar-refractivity contribution in [3.8, 4) is 5.75 Å². The van der Waals surface area contributed by atoms with Crippen LogP contribution in [0.2, 0.25) is 0 Å². The smallest absolute Gasteiger partial charge is 0.191 e. The van der Waals surface area contributed by atoms with Gasteiger partial charge in [0.2, 0.25) is 0 Å². The molecule has 0 aromatic heterocycles. The van der Waals surface area contributed by atoms with Crippen LogP contribution in [0.1, 0.15) is 17.5 Å². The number of nitrogens with zero attached hydrogens (tertiary/aromatic N) is 2. The lowest BCUT2D eigenvalue weighted by Gasteiger charge is -2.22. The summed E-state index contributed by atoms with van der Waals surface area (Å²) < 4.78 is 10.8. The Morgan fingerprint density at radius 1 is 1.10 bits per heavy atom. The largest absolute Gasteiger partial charge is 0.495 e. The Morgan fingerprint density at radius 3 is 2.55 bits per heavy atom. The Bertz CT molecular complexity index is 800. The maximum absolute atomic E-state index is 5.51. The molecule has 0 amide bonds. The molecule has 2 aromatic rings. The number of hydrogen-bond donors (Lipinski definition) is 2. The molecule has 0 aliphatic carbocycles. The van der Waals surface area contributed by atoms with Gasteiger partial charge in [-0.15, -0.1) is 24.0 Å². The second kappa shape index (κ2) is 11.9. The fourth-order valence-electron chi connectivity index (χ4n) is 3.58. The molecule has 0 spiro atoms. The molecule has 1 saturated heterocycles. The Morgan fingerprint density at radius 2 is 1.83 bits per heavy atom. The van der Waals surface area contributed by atoms with Crippen LogP contribution < -0.4 is 20.3 Å². The van der Waals surface area contributed by atoms with Crippen LogP contribution in [0, 0.1) is 0 Å². The van der Waals surface area contributed by atoms with Crippen LogP contribution >= 0.6 is 24.0 Å². The van der Waals surface area contributed by atoms with Crippen molar-refractivity contribution >= 4 is 35.6 Å². The molecule has 1 unspecified atom stereocenters. The van der Waals surface area contributed by atoms with Crippen LogP contribution in [-0.4, -0.2) is 46.4 Å². The summed E-state index contributed by atoms with van der Waals surface area (Å²) in [5, 5.41) is 6.98. The van der Waals surface area contributed by atoms with E-state index in [1.807, 2.05) is 25.2 Å². The topological polar surface area (TPSA) is 58.1 Å². The minimum atomic E-state index is 0. The SMILES string of the molecule is CN=C(NCc1ccccc1COC)NC1CCN(c2ccccc2OC)C1.I. The number of methoxy groups -OCH3 is 2. The van der Waals surface area contributed by atoms with Gasteiger partial charge in [0.1, 0.15) is 5.75 Å². The Labute approximate surface area is 190 Å². The number of halogens is 1. The fraction of sp³-hybridized carbons (Fsp3) is 0.409. The number of ether oxygens (including phenoxy) is 2. The zero-order valence-electron chi connectivity index (χ0n) is 17.4. The molecule has 1 aliphatic rings. The van der Waals surface area contributed by atoms with Gasteiger partial charge in [-0.3, -0.25) is 4.99 Å². The standard InChI is InChI=1S/C22H30N4O2.HI/c1-23-22(24-14-17-8-4-5-9-18(17)16-27-2)25-19-12-13-26(15-19)20-10-6-7-11-21(20)28-3;/h4-11,19H,12-16H2,1-3H3,(H2,23,24,25);1H. The van der Waals surface area contributed by atoms with Crippen molar-refractivity contribution in [1.82, 2.24) is 10.6 Å². The molecule has 1 fully saturated rings. The van der Waals surface area contributed by atoms with Gasteiger partial charge in [0.15, 0.2) is 5.96 Å². The summed E-state index contributed by atoms with van der Waals surface area (Å²) >= 11 is 0. The lowest BCUT2D eigenvalue weighted by Crippen LogP contribution is -2.44. The van der Waals surface area contributed by atoms with Gasteiger partial charge in [-0.25, -0.2) is 0 Å². The summed E-state index contributed by atoms with van der Waals surface area (Å²) in [6.07, 6.45) is 1.05. The highest BCUT2D eigenvalue weighted by molar-refractivity contribution is 14.0. The number of anilines is 1. The monoisotopic (exact) mass is 510 g/mol. The number of guanidine groups is 1. The summed E-state index contributed by atoms with van der Waals surface area (Å²) in [5.41, 5.74) is 3.55. The van der Waals surface area contributed by atoms with Crippen molar-refractivity contribution in [3.63, 3.8) is 0 Å². The van der Waals surface area contributed by atoms with E-state index in [2.05, 4.69) is 50.9 Å². The molecule has 1 heterocycles. The van der Waals surface area contributed by atoms with Gasteiger partial charge in [0.25, 0.3) is 0 Å². The van der Waals surface area contributed by atoms with E-state index in [0.29, 0.717) is 19.2 Å². The highest BCUT2D eigenvalue weighted by Crippen LogP contribution is 2.30. The number of aliphatic imine (C=N–C) groups is 1. The first-order valence-corrected chi connectivity index (χ1v) is 9.66. The quantitative estimate of drug-likeness (QED) is 0.340. The van der Waals surface area contributed by atoms with Crippen LogP contribution in [0.5, 0.6) is 5.75 Å². The van der Waals surface area contributed by atoms with Crippen molar-refractivity contribution < 1.29 is 9.47 Å². The normalized spacial score (nSPS) is 16.3. The van der Waals surface area contributed by atoms with Gasteiger partial charge in [0.05, 0.1) is 19.4 Å². The average Bonchev–Trinajstić information content (AvgIpc) is 3.20. The molecular weight excluding hydrogens is 479 g/mol. The molecule has 29 heavy (non-hydrogen) atoms. The molecule has 6 nitrogen and oxygen atoms in total. The van der Waals surface area contributed by atoms with E-state index < -0.39 is 0 Å². The van der Waals surface area contributed by atoms with Crippen molar-refractivity contribution in [2.45, 2.75) is 25.6 Å². The van der Waals surface area contributed by atoms with Gasteiger partial charge in [-0.05, 0) is 29.7 Å². The number of rotatable bonds is 7. The molecular formula is C22H31IN4O2. The molecule has 2 N–H and O–H groups in total. The van der Waals surface area contributed by atoms with Gasteiger partial charge < -0.3 is 25.0 Å². The zero-order valence-corrected chi connectivity index (χ0v) is 19.7. The van der Waals surface area contributed by atoms with E-state index in [-0.39, 0.29) is 24.0 Å². The van der Waals surface area contributed by atoms with E-state index >= 15 is 0 Å². The first kappa shape index (κ1) is 23.3. The van der Waals surface area contributed by atoms with Crippen molar-refractivity contribution in [1.29, 1.82) is 0 Å². The molecule has 1 atom stereocenters. The predicted molar refractivity (Wildman–Crippen MR) is 130 cm³/mol. The van der Waals surface area contributed by atoms with Crippen LogP contribution in [-0.2, 0) is 17.9 Å². The van der Waals surface area contributed by atoms with Gasteiger partial charge in [-0.2, -0.15) is 0 Å². The number of para-hydroxylation sites is 2. The van der Waals surface area contributed by atoms with Crippen LogP contribution in [0.15, 0.2) is 53.5 Å². The summed E-state index contributed by atoms with van der Waals surface area (Å²) in [4.78, 5) is 6.75. The average molecular weight is 510 g/mol.